The average molecular weight is 296 g/mol. The lowest BCUT2D eigenvalue weighted by Crippen LogP contribution is -2.24. The number of rotatable bonds is 2. The minimum Gasteiger partial charge on any atom is -0.487 e. The van der Waals surface area contributed by atoms with Crippen molar-refractivity contribution in [2.24, 2.45) is 0 Å². The van der Waals surface area contributed by atoms with Crippen LogP contribution in [0.25, 0.3) is 0 Å². The molecule has 3 nitrogen and oxygen atoms in total. The molecule has 112 valence electrons. The van der Waals surface area contributed by atoms with E-state index in [4.69, 9.17) is 4.74 Å². The van der Waals surface area contributed by atoms with Crippen LogP contribution in [0.3, 0.4) is 0 Å². The normalized spacial score (nSPS) is 17.2. The van der Waals surface area contributed by atoms with Gasteiger partial charge in [-0.2, -0.15) is 0 Å². The Kier molecular flexibility index (Phi) is 3.44. The highest BCUT2D eigenvalue weighted by Crippen LogP contribution is 2.44. The molecular weight excluding hydrogens is 272 g/mol. The van der Waals surface area contributed by atoms with Gasteiger partial charge in [0.25, 0.3) is 0 Å². The predicted octanol–water partition coefficient (Wildman–Crippen LogP) is 3.51. The molecule has 0 unspecified atom stereocenters. The van der Waals surface area contributed by atoms with Gasteiger partial charge in [-0.1, -0.05) is 0 Å². The second-order valence-electron chi connectivity index (χ2n) is 6.64. The van der Waals surface area contributed by atoms with E-state index in [9.17, 15) is 8.42 Å². The van der Waals surface area contributed by atoms with Gasteiger partial charge >= 0.3 is 0 Å². The SMILES string of the molecule is Cc1c(C)c(S(=O)(=O)C(C)C)c(C)c2c1OC(C)(C)C2. The van der Waals surface area contributed by atoms with E-state index < -0.39 is 15.1 Å². The van der Waals surface area contributed by atoms with Crippen LogP contribution in [0.4, 0.5) is 0 Å². The van der Waals surface area contributed by atoms with E-state index in [0.29, 0.717) is 4.90 Å². The molecule has 1 aliphatic heterocycles. The number of hydrogen-bond donors (Lipinski definition) is 0. The van der Waals surface area contributed by atoms with Gasteiger partial charge in [0.1, 0.15) is 11.4 Å². The molecule has 0 aromatic heterocycles. The van der Waals surface area contributed by atoms with Gasteiger partial charge in [-0.15, -0.1) is 0 Å². The average Bonchev–Trinajstić information content (AvgIpc) is 2.62. The molecule has 2 rings (SSSR count). The molecule has 0 radical (unpaired) electrons. The van der Waals surface area contributed by atoms with Gasteiger partial charge in [0.05, 0.1) is 10.1 Å². The first kappa shape index (κ1) is 15.4. The number of fused-ring (bicyclic) bond motifs is 1. The lowest BCUT2D eigenvalue weighted by Gasteiger charge is -2.20. The summed E-state index contributed by atoms with van der Waals surface area (Å²) in [7, 11) is -3.28. The van der Waals surface area contributed by atoms with Crippen LogP contribution in [0.5, 0.6) is 5.75 Å². The van der Waals surface area contributed by atoms with E-state index in [1.165, 1.54) is 0 Å². The molecule has 1 aliphatic rings. The van der Waals surface area contributed by atoms with Crippen LogP contribution in [0, 0.1) is 20.8 Å². The fourth-order valence-electron chi connectivity index (χ4n) is 2.91. The Labute approximate surface area is 122 Å². The maximum atomic E-state index is 12.6. The molecule has 0 aliphatic carbocycles. The molecule has 0 amide bonds. The van der Waals surface area contributed by atoms with Crippen LogP contribution in [-0.2, 0) is 16.3 Å². The van der Waals surface area contributed by atoms with E-state index in [1.54, 1.807) is 13.8 Å². The summed E-state index contributed by atoms with van der Waals surface area (Å²) in [6, 6.07) is 0. The Hall–Kier alpha value is -1.03. The van der Waals surface area contributed by atoms with Crippen molar-refractivity contribution >= 4 is 9.84 Å². The highest BCUT2D eigenvalue weighted by Gasteiger charge is 2.37. The van der Waals surface area contributed by atoms with Crippen molar-refractivity contribution < 1.29 is 13.2 Å². The van der Waals surface area contributed by atoms with Gasteiger partial charge in [-0.25, -0.2) is 8.42 Å². The zero-order chi connectivity index (χ0) is 15.5. The van der Waals surface area contributed by atoms with Gasteiger partial charge in [0.2, 0.25) is 0 Å². The molecule has 1 aromatic rings. The minimum absolute atomic E-state index is 0.259. The van der Waals surface area contributed by atoms with Crippen molar-refractivity contribution in [1.29, 1.82) is 0 Å². The topological polar surface area (TPSA) is 43.4 Å². The van der Waals surface area contributed by atoms with Gasteiger partial charge in [-0.05, 0) is 65.2 Å². The lowest BCUT2D eigenvalue weighted by atomic mass is 9.94. The molecular formula is C16H24O3S. The van der Waals surface area contributed by atoms with Gasteiger partial charge < -0.3 is 4.74 Å². The molecule has 0 bridgehead atoms. The van der Waals surface area contributed by atoms with Crippen molar-refractivity contribution in [2.45, 2.75) is 70.6 Å². The summed E-state index contributed by atoms with van der Waals surface area (Å²) in [4.78, 5) is 0.505. The summed E-state index contributed by atoms with van der Waals surface area (Å²) in [6.45, 7) is 13.3. The third-order valence-corrected chi connectivity index (χ3v) is 6.62. The fourth-order valence-corrected chi connectivity index (χ4v) is 4.51. The molecule has 4 heteroatoms. The summed E-state index contributed by atoms with van der Waals surface area (Å²) < 4.78 is 31.3. The Bertz CT molecular complexity index is 668. The van der Waals surface area contributed by atoms with Crippen molar-refractivity contribution in [1.82, 2.24) is 0 Å². The fraction of sp³-hybridized carbons (Fsp3) is 0.625. The zero-order valence-electron chi connectivity index (χ0n) is 13.4. The summed E-state index contributed by atoms with van der Waals surface area (Å²) in [6.07, 6.45) is 0.760. The number of hydrogen-bond acceptors (Lipinski definition) is 3. The molecule has 0 fully saturated rings. The van der Waals surface area contributed by atoms with Crippen molar-refractivity contribution in [3.05, 3.63) is 22.3 Å². The molecule has 0 saturated carbocycles. The molecule has 0 spiro atoms. The summed E-state index contributed by atoms with van der Waals surface area (Å²) >= 11 is 0. The maximum Gasteiger partial charge on any atom is 0.181 e. The first-order valence-electron chi connectivity index (χ1n) is 7.04. The summed E-state index contributed by atoms with van der Waals surface area (Å²) in [5, 5.41) is -0.410. The second kappa shape index (κ2) is 4.48. The molecule has 20 heavy (non-hydrogen) atoms. The molecule has 0 atom stereocenters. The maximum absolute atomic E-state index is 12.6. The molecule has 0 saturated heterocycles. The highest BCUT2D eigenvalue weighted by atomic mass is 32.2. The van der Waals surface area contributed by atoms with Crippen LogP contribution < -0.4 is 4.74 Å². The number of benzene rings is 1. The molecule has 0 N–H and O–H groups in total. The van der Waals surface area contributed by atoms with Crippen LogP contribution in [-0.4, -0.2) is 19.3 Å². The van der Waals surface area contributed by atoms with E-state index in [1.807, 2.05) is 34.6 Å². The van der Waals surface area contributed by atoms with Crippen molar-refractivity contribution in [2.75, 3.05) is 0 Å². The summed E-state index contributed by atoms with van der Waals surface area (Å²) in [5.41, 5.74) is 3.44. The Morgan fingerprint density at radius 2 is 1.60 bits per heavy atom. The second-order valence-corrected chi connectivity index (χ2v) is 9.09. The predicted molar refractivity (Wildman–Crippen MR) is 81.4 cm³/mol. The third kappa shape index (κ3) is 2.14. The molecule has 1 heterocycles. The van der Waals surface area contributed by atoms with Gasteiger partial charge in [0.15, 0.2) is 9.84 Å². The monoisotopic (exact) mass is 296 g/mol. The quantitative estimate of drug-likeness (QED) is 0.839. The van der Waals surface area contributed by atoms with Crippen LogP contribution in [0.2, 0.25) is 0 Å². The number of ether oxygens (including phenoxy) is 1. The van der Waals surface area contributed by atoms with Crippen molar-refractivity contribution in [3.8, 4) is 5.75 Å². The Morgan fingerprint density at radius 3 is 2.10 bits per heavy atom. The third-order valence-electron chi connectivity index (χ3n) is 4.20. The standard InChI is InChI=1S/C16H24O3S/c1-9(2)20(17,18)15-11(4)10(3)14-13(12(15)5)8-16(6,7)19-14/h9H,8H2,1-7H3. The van der Waals surface area contributed by atoms with E-state index in [0.717, 1.165) is 34.4 Å². The van der Waals surface area contributed by atoms with E-state index in [2.05, 4.69) is 0 Å². The van der Waals surface area contributed by atoms with Crippen molar-refractivity contribution in [3.63, 3.8) is 0 Å². The Balaban J connectivity index is 2.80. The minimum atomic E-state index is -3.28. The first-order valence-corrected chi connectivity index (χ1v) is 8.59. The van der Waals surface area contributed by atoms with Crippen LogP contribution in [0.15, 0.2) is 4.90 Å². The first-order chi connectivity index (χ1) is 8.99. The largest absolute Gasteiger partial charge is 0.487 e. The molecule has 1 aromatic carbocycles. The smallest absolute Gasteiger partial charge is 0.181 e. The lowest BCUT2D eigenvalue weighted by molar-refractivity contribution is 0.137. The van der Waals surface area contributed by atoms with Crippen LogP contribution >= 0.6 is 0 Å². The van der Waals surface area contributed by atoms with Gasteiger partial charge in [0, 0.05) is 12.0 Å². The number of sulfone groups is 1. The van der Waals surface area contributed by atoms with Gasteiger partial charge in [-0.3, -0.25) is 0 Å². The van der Waals surface area contributed by atoms with Crippen LogP contribution in [0.1, 0.15) is 49.9 Å². The Morgan fingerprint density at radius 1 is 1.05 bits per heavy atom. The van der Waals surface area contributed by atoms with E-state index in [-0.39, 0.29) is 5.60 Å². The zero-order valence-corrected chi connectivity index (χ0v) is 14.2. The van der Waals surface area contributed by atoms with E-state index >= 15 is 0 Å². The summed E-state index contributed by atoms with van der Waals surface area (Å²) in [5.74, 6) is 0.882. The highest BCUT2D eigenvalue weighted by molar-refractivity contribution is 7.92.